The number of hydrogen-bond acceptors (Lipinski definition) is 3. The van der Waals surface area contributed by atoms with E-state index in [-0.39, 0.29) is 18.6 Å². The Morgan fingerprint density at radius 2 is 2.19 bits per heavy atom. The van der Waals surface area contributed by atoms with Crippen molar-refractivity contribution < 1.29 is 14.6 Å². The van der Waals surface area contributed by atoms with Crippen molar-refractivity contribution in [2.75, 3.05) is 19.8 Å². The van der Waals surface area contributed by atoms with E-state index in [2.05, 4.69) is 17.2 Å². The maximum Gasteiger partial charge on any atom is 0.251 e. The van der Waals surface area contributed by atoms with Crippen LogP contribution < -0.4 is 5.32 Å². The lowest BCUT2D eigenvalue weighted by molar-refractivity contribution is 0.0907. The third kappa shape index (κ3) is 4.59. The van der Waals surface area contributed by atoms with Crippen LogP contribution in [0.3, 0.4) is 0 Å². The van der Waals surface area contributed by atoms with E-state index < -0.39 is 0 Å². The average Bonchev–Trinajstić information content (AvgIpc) is 2.91. The van der Waals surface area contributed by atoms with E-state index in [0.29, 0.717) is 24.4 Å². The standard InChI is InChI=1S/C17H21NO3/c1-13-16(9-11-21-13)12-18-17(20)15-7-5-14(6-8-15)4-2-3-10-19/h5-8,13,16,19H,3,9-12H2,1H3,(H,18,20). The van der Waals surface area contributed by atoms with Crippen LogP contribution in [-0.2, 0) is 4.74 Å². The zero-order valence-electron chi connectivity index (χ0n) is 12.3. The molecule has 1 fully saturated rings. The lowest BCUT2D eigenvalue weighted by Crippen LogP contribution is -2.31. The van der Waals surface area contributed by atoms with Gasteiger partial charge in [-0.05, 0) is 37.6 Å². The summed E-state index contributed by atoms with van der Waals surface area (Å²) in [6.07, 6.45) is 1.68. The highest BCUT2D eigenvalue weighted by Crippen LogP contribution is 2.19. The first-order valence-electron chi connectivity index (χ1n) is 7.30. The van der Waals surface area contributed by atoms with Crippen LogP contribution in [0, 0.1) is 17.8 Å². The molecule has 0 spiro atoms. The van der Waals surface area contributed by atoms with Gasteiger partial charge in [0.05, 0.1) is 12.7 Å². The van der Waals surface area contributed by atoms with E-state index in [9.17, 15) is 4.79 Å². The van der Waals surface area contributed by atoms with Gasteiger partial charge in [-0.15, -0.1) is 0 Å². The molecule has 1 aliphatic rings. The molecule has 1 aromatic rings. The van der Waals surface area contributed by atoms with Crippen LogP contribution in [0.4, 0.5) is 0 Å². The molecule has 2 unspecified atom stereocenters. The molecule has 0 aromatic heterocycles. The van der Waals surface area contributed by atoms with Crippen molar-refractivity contribution in [3.63, 3.8) is 0 Å². The number of aliphatic hydroxyl groups is 1. The highest BCUT2D eigenvalue weighted by molar-refractivity contribution is 5.94. The molecule has 1 heterocycles. The lowest BCUT2D eigenvalue weighted by atomic mass is 10.0. The van der Waals surface area contributed by atoms with Gasteiger partial charge in [-0.25, -0.2) is 0 Å². The first-order valence-corrected chi connectivity index (χ1v) is 7.30. The highest BCUT2D eigenvalue weighted by atomic mass is 16.5. The number of carbonyl (C=O) groups is 1. The Morgan fingerprint density at radius 3 is 2.81 bits per heavy atom. The fourth-order valence-electron chi connectivity index (χ4n) is 2.30. The number of nitrogens with one attached hydrogen (secondary N) is 1. The molecule has 0 radical (unpaired) electrons. The first kappa shape index (κ1) is 15.6. The maximum absolute atomic E-state index is 12.1. The number of ether oxygens (including phenoxy) is 1. The Bertz CT molecular complexity index is 527. The summed E-state index contributed by atoms with van der Waals surface area (Å²) in [5.41, 5.74) is 1.48. The minimum atomic E-state index is -0.0658. The van der Waals surface area contributed by atoms with E-state index in [4.69, 9.17) is 9.84 Å². The van der Waals surface area contributed by atoms with Crippen LogP contribution in [0.1, 0.15) is 35.7 Å². The summed E-state index contributed by atoms with van der Waals surface area (Å²) in [7, 11) is 0. The Balaban J connectivity index is 1.86. The Hall–Kier alpha value is -1.83. The molecule has 1 aromatic carbocycles. The van der Waals surface area contributed by atoms with Crippen LogP contribution in [0.5, 0.6) is 0 Å². The van der Waals surface area contributed by atoms with Gasteiger partial charge < -0.3 is 15.2 Å². The summed E-state index contributed by atoms with van der Waals surface area (Å²) in [5.74, 6) is 6.12. The summed E-state index contributed by atoms with van der Waals surface area (Å²) in [5, 5.41) is 11.6. The third-order valence-corrected chi connectivity index (χ3v) is 3.67. The Morgan fingerprint density at radius 1 is 1.43 bits per heavy atom. The summed E-state index contributed by atoms with van der Waals surface area (Å²) in [6.45, 7) is 3.54. The van der Waals surface area contributed by atoms with Crippen molar-refractivity contribution in [1.82, 2.24) is 5.32 Å². The van der Waals surface area contributed by atoms with E-state index in [1.807, 2.05) is 19.1 Å². The van der Waals surface area contributed by atoms with Crippen LogP contribution in [-0.4, -0.2) is 36.9 Å². The van der Waals surface area contributed by atoms with Gasteiger partial charge in [0.2, 0.25) is 0 Å². The molecule has 4 heteroatoms. The zero-order valence-corrected chi connectivity index (χ0v) is 12.3. The molecule has 0 saturated carbocycles. The fourth-order valence-corrected chi connectivity index (χ4v) is 2.30. The molecule has 21 heavy (non-hydrogen) atoms. The second kappa shape index (κ2) is 7.82. The van der Waals surface area contributed by atoms with Gasteiger partial charge in [-0.2, -0.15) is 0 Å². The van der Waals surface area contributed by atoms with Crippen molar-refractivity contribution in [2.24, 2.45) is 5.92 Å². The summed E-state index contributed by atoms with van der Waals surface area (Å²) in [6, 6.07) is 7.18. The van der Waals surface area contributed by atoms with Crippen LogP contribution >= 0.6 is 0 Å². The number of rotatable bonds is 4. The number of amides is 1. The number of aliphatic hydroxyl groups excluding tert-OH is 1. The second-order valence-electron chi connectivity index (χ2n) is 5.19. The molecule has 2 N–H and O–H groups in total. The Labute approximate surface area is 125 Å². The molecule has 1 aliphatic heterocycles. The Kier molecular flexibility index (Phi) is 5.79. The molecule has 4 nitrogen and oxygen atoms in total. The molecule has 1 amide bonds. The smallest absolute Gasteiger partial charge is 0.251 e. The third-order valence-electron chi connectivity index (χ3n) is 3.67. The molecular weight excluding hydrogens is 266 g/mol. The highest BCUT2D eigenvalue weighted by Gasteiger charge is 2.24. The zero-order chi connectivity index (χ0) is 15.1. The second-order valence-corrected chi connectivity index (χ2v) is 5.19. The molecule has 0 aliphatic carbocycles. The topological polar surface area (TPSA) is 58.6 Å². The maximum atomic E-state index is 12.1. The molecular formula is C17H21NO3. The molecule has 1 saturated heterocycles. The van der Waals surface area contributed by atoms with Gasteiger partial charge in [0, 0.05) is 36.6 Å². The normalized spacial score (nSPS) is 20.7. The summed E-state index contributed by atoms with van der Waals surface area (Å²) < 4.78 is 5.48. The van der Waals surface area contributed by atoms with Gasteiger partial charge in [0.25, 0.3) is 5.91 Å². The van der Waals surface area contributed by atoms with Crippen molar-refractivity contribution >= 4 is 5.91 Å². The predicted octanol–water partition coefficient (Wildman–Crippen LogP) is 1.58. The summed E-state index contributed by atoms with van der Waals surface area (Å²) in [4.78, 5) is 12.1. The van der Waals surface area contributed by atoms with Crippen molar-refractivity contribution in [3.05, 3.63) is 35.4 Å². The van der Waals surface area contributed by atoms with E-state index in [1.165, 1.54) is 0 Å². The van der Waals surface area contributed by atoms with Crippen molar-refractivity contribution in [1.29, 1.82) is 0 Å². The number of hydrogen-bond donors (Lipinski definition) is 2. The van der Waals surface area contributed by atoms with Gasteiger partial charge in [-0.1, -0.05) is 11.8 Å². The van der Waals surface area contributed by atoms with E-state index in [0.717, 1.165) is 18.6 Å². The van der Waals surface area contributed by atoms with Gasteiger partial charge in [0.1, 0.15) is 0 Å². The van der Waals surface area contributed by atoms with E-state index >= 15 is 0 Å². The van der Waals surface area contributed by atoms with E-state index in [1.54, 1.807) is 12.1 Å². The SMILES string of the molecule is CC1OCCC1CNC(=O)c1ccc(C#CCCO)cc1. The molecule has 112 valence electrons. The fraction of sp³-hybridized carbons (Fsp3) is 0.471. The minimum Gasteiger partial charge on any atom is -0.395 e. The summed E-state index contributed by atoms with van der Waals surface area (Å²) >= 11 is 0. The molecule has 0 bridgehead atoms. The van der Waals surface area contributed by atoms with Gasteiger partial charge in [-0.3, -0.25) is 4.79 Å². The van der Waals surface area contributed by atoms with Crippen molar-refractivity contribution in [2.45, 2.75) is 25.9 Å². The largest absolute Gasteiger partial charge is 0.395 e. The van der Waals surface area contributed by atoms with Gasteiger partial charge >= 0.3 is 0 Å². The monoisotopic (exact) mass is 287 g/mol. The van der Waals surface area contributed by atoms with Crippen LogP contribution in [0.2, 0.25) is 0 Å². The molecule has 2 rings (SSSR count). The number of benzene rings is 1. The van der Waals surface area contributed by atoms with Crippen molar-refractivity contribution in [3.8, 4) is 11.8 Å². The average molecular weight is 287 g/mol. The van der Waals surface area contributed by atoms with Crippen LogP contribution in [0.25, 0.3) is 0 Å². The van der Waals surface area contributed by atoms with Crippen LogP contribution in [0.15, 0.2) is 24.3 Å². The van der Waals surface area contributed by atoms with Gasteiger partial charge in [0.15, 0.2) is 0 Å². The first-order chi connectivity index (χ1) is 10.2. The molecule has 2 atom stereocenters. The lowest BCUT2D eigenvalue weighted by Gasteiger charge is -2.14. The minimum absolute atomic E-state index is 0.0658. The quantitative estimate of drug-likeness (QED) is 0.827. The number of carbonyl (C=O) groups excluding carboxylic acids is 1. The predicted molar refractivity (Wildman–Crippen MR) is 80.9 cm³/mol.